The summed E-state index contributed by atoms with van der Waals surface area (Å²) in [5.74, 6) is 3.31. The fraction of sp³-hybridized carbons (Fsp3) is 0.250. The van der Waals surface area contributed by atoms with E-state index in [1.54, 1.807) is 11.8 Å². The minimum Gasteiger partial charge on any atom is -0.441 e. The normalized spacial score (nSPS) is 11.8. The highest BCUT2D eigenvalue weighted by Crippen LogP contribution is 2.31. The van der Waals surface area contributed by atoms with Crippen molar-refractivity contribution >= 4 is 28.4 Å². The van der Waals surface area contributed by atoms with Crippen LogP contribution >= 0.6 is 11.8 Å². The van der Waals surface area contributed by atoms with Crippen LogP contribution in [-0.2, 0) is 5.75 Å². The maximum atomic E-state index is 5.94. The number of thioether (sulfide) groups is 1. The minimum absolute atomic E-state index is 0.258. The van der Waals surface area contributed by atoms with Gasteiger partial charge in [0.2, 0.25) is 5.89 Å². The number of benzene rings is 2. The molecule has 3 aromatic heterocycles. The van der Waals surface area contributed by atoms with Crippen molar-refractivity contribution in [2.24, 2.45) is 0 Å². The standard InChI is InChI=1S/C24H23N5OS/c1-14(2)21-27-28-22-24(26-18-7-5-6-8-20(18)29(21)22)31-13-19-16(4)30-23(25-19)17-11-9-15(3)10-12-17/h5-12,14H,13H2,1-4H3. The van der Waals surface area contributed by atoms with Crippen molar-refractivity contribution in [1.82, 2.24) is 24.6 Å². The van der Waals surface area contributed by atoms with Crippen LogP contribution < -0.4 is 0 Å². The van der Waals surface area contributed by atoms with Crippen LogP contribution in [0.1, 0.15) is 42.6 Å². The Morgan fingerprint density at radius 2 is 1.74 bits per heavy atom. The van der Waals surface area contributed by atoms with Crippen LogP contribution in [0.4, 0.5) is 0 Å². The second-order valence-electron chi connectivity index (χ2n) is 7.95. The predicted molar refractivity (Wildman–Crippen MR) is 123 cm³/mol. The summed E-state index contributed by atoms with van der Waals surface area (Å²) in [7, 11) is 0. The fourth-order valence-electron chi connectivity index (χ4n) is 3.57. The lowest BCUT2D eigenvalue weighted by atomic mass is 10.1. The second kappa shape index (κ2) is 7.81. The Hall–Kier alpha value is -3.19. The summed E-state index contributed by atoms with van der Waals surface area (Å²) < 4.78 is 8.07. The first-order valence-electron chi connectivity index (χ1n) is 10.3. The number of hydrogen-bond acceptors (Lipinski definition) is 6. The van der Waals surface area contributed by atoms with Gasteiger partial charge in [-0.25, -0.2) is 9.97 Å². The number of nitrogens with zero attached hydrogens (tertiary/aromatic N) is 5. The molecule has 0 aliphatic heterocycles. The Morgan fingerprint density at radius 1 is 0.968 bits per heavy atom. The van der Waals surface area contributed by atoms with Gasteiger partial charge in [0.1, 0.15) is 16.6 Å². The van der Waals surface area contributed by atoms with Gasteiger partial charge in [-0.05, 0) is 38.1 Å². The lowest BCUT2D eigenvalue weighted by molar-refractivity contribution is 0.540. The van der Waals surface area contributed by atoms with E-state index in [-0.39, 0.29) is 5.92 Å². The van der Waals surface area contributed by atoms with Gasteiger partial charge in [-0.15, -0.1) is 10.2 Å². The van der Waals surface area contributed by atoms with Crippen LogP contribution in [0.25, 0.3) is 28.1 Å². The summed E-state index contributed by atoms with van der Waals surface area (Å²) >= 11 is 1.61. The number of fused-ring (bicyclic) bond motifs is 3. The molecule has 31 heavy (non-hydrogen) atoms. The van der Waals surface area contributed by atoms with Crippen LogP contribution in [0.15, 0.2) is 58.0 Å². The number of hydrogen-bond donors (Lipinski definition) is 0. The largest absolute Gasteiger partial charge is 0.441 e. The minimum atomic E-state index is 0.258. The van der Waals surface area contributed by atoms with Gasteiger partial charge in [0, 0.05) is 17.2 Å². The third kappa shape index (κ3) is 3.59. The van der Waals surface area contributed by atoms with Crippen molar-refractivity contribution in [3.8, 4) is 11.5 Å². The van der Waals surface area contributed by atoms with E-state index in [9.17, 15) is 0 Å². The Morgan fingerprint density at radius 3 is 2.52 bits per heavy atom. The van der Waals surface area contributed by atoms with Gasteiger partial charge in [0.25, 0.3) is 0 Å². The molecule has 7 heteroatoms. The van der Waals surface area contributed by atoms with Gasteiger partial charge in [0.15, 0.2) is 5.65 Å². The van der Waals surface area contributed by atoms with Gasteiger partial charge in [-0.3, -0.25) is 4.40 Å². The first kappa shape index (κ1) is 19.8. The van der Waals surface area contributed by atoms with E-state index in [4.69, 9.17) is 14.4 Å². The zero-order valence-electron chi connectivity index (χ0n) is 18.0. The number of oxazole rings is 1. The van der Waals surface area contributed by atoms with Gasteiger partial charge in [-0.1, -0.05) is 55.4 Å². The molecule has 0 N–H and O–H groups in total. The Labute approximate surface area is 184 Å². The summed E-state index contributed by atoms with van der Waals surface area (Å²) in [6.45, 7) is 8.28. The lowest BCUT2D eigenvalue weighted by Crippen LogP contribution is -2.01. The van der Waals surface area contributed by atoms with Crippen LogP contribution in [0.5, 0.6) is 0 Å². The summed E-state index contributed by atoms with van der Waals surface area (Å²) in [5, 5.41) is 9.77. The molecular weight excluding hydrogens is 406 g/mol. The monoisotopic (exact) mass is 429 g/mol. The molecule has 156 valence electrons. The third-order valence-electron chi connectivity index (χ3n) is 5.28. The smallest absolute Gasteiger partial charge is 0.226 e. The molecule has 0 fully saturated rings. The van der Waals surface area contributed by atoms with Gasteiger partial charge in [0.05, 0.1) is 16.7 Å². The zero-order valence-corrected chi connectivity index (χ0v) is 18.8. The molecule has 0 aliphatic rings. The van der Waals surface area contributed by atoms with Gasteiger partial charge < -0.3 is 4.42 Å². The highest BCUT2D eigenvalue weighted by atomic mass is 32.2. The van der Waals surface area contributed by atoms with Crippen molar-refractivity contribution in [2.75, 3.05) is 0 Å². The van der Waals surface area contributed by atoms with E-state index >= 15 is 0 Å². The topological polar surface area (TPSA) is 69.1 Å². The summed E-state index contributed by atoms with van der Waals surface area (Å²) in [5.41, 5.74) is 5.84. The van der Waals surface area contributed by atoms with Crippen molar-refractivity contribution in [3.63, 3.8) is 0 Å². The molecule has 2 aromatic carbocycles. The zero-order chi connectivity index (χ0) is 21.5. The molecule has 0 bridgehead atoms. The molecule has 0 aliphatic carbocycles. The van der Waals surface area contributed by atoms with Crippen molar-refractivity contribution in [3.05, 3.63) is 71.4 Å². The van der Waals surface area contributed by atoms with E-state index < -0.39 is 0 Å². The second-order valence-corrected chi connectivity index (χ2v) is 8.92. The molecule has 0 amide bonds. The summed E-state index contributed by atoms with van der Waals surface area (Å²) in [6.07, 6.45) is 0. The van der Waals surface area contributed by atoms with Crippen LogP contribution in [0.2, 0.25) is 0 Å². The Balaban J connectivity index is 1.51. The van der Waals surface area contributed by atoms with E-state index in [2.05, 4.69) is 53.6 Å². The molecule has 0 saturated carbocycles. The summed E-state index contributed by atoms with van der Waals surface area (Å²) in [4.78, 5) is 9.62. The van der Waals surface area contributed by atoms with Crippen molar-refractivity contribution in [2.45, 2.75) is 44.4 Å². The molecule has 0 spiro atoms. The molecular formula is C24H23N5OS. The van der Waals surface area contributed by atoms with E-state index in [0.717, 1.165) is 44.5 Å². The van der Waals surface area contributed by atoms with Crippen LogP contribution in [-0.4, -0.2) is 24.6 Å². The molecule has 3 heterocycles. The van der Waals surface area contributed by atoms with E-state index in [1.807, 2.05) is 37.3 Å². The molecule has 0 radical (unpaired) electrons. The SMILES string of the molecule is Cc1ccc(-c2nc(CSc3nc4ccccc4n4c(C(C)C)nnc34)c(C)o2)cc1. The molecule has 0 saturated heterocycles. The van der Waals surface area contributed by atoms with E-state index in [1.165, 1.54) is 5.56 Å². The Kier molecular flexibility index (Phi) is 4.98. The number of aromatic nitrogens is 5. The molecule has 5 rings (SSSR count). The average Bonchev–Trinajstić information content (AvgIpc) is 3.37. The van der Waals surface area contributed by atoms with Crippen molar-refractivity contribution < 1.29 is 4.42 Å². The number of rotatable bonds is 5. The maximum absolute atomic E-state index is 5.94. The average molecular weight is 430 g/mol. The maximum Gasteiger partial charge on any atom is 0.226 e. The third-order valence-corrected chi connectivity index (χ3v) is 6.24. The molecule has 0 atom stereocenters. The van der Waals surface area contributed by atoms with Crippen molar-refractivity contribution in [1.29, 1.82) is 0 Å². The van der Waals surface area contributed by atoms with Gasteiger partial charge in [-0.2, -0.15) is 0 Å². The van der Waals surface area contributed by atoms with Crippen LogP contribution in [0, 0.1) is 13.8 Å². The van der Waals surface area contributed by atoms with E-state index in [0.29, 0.717) is 11.6 Å². The highest BCUT2D eigenvalue weighted by Gasteiger charge is 2.18. The first-order valence-corrected chi connectivity index (χ1v) is 11.3. The number of aryl methyl sites for hydroxylation is 2. The highest BCUT2D eigenvalue weighted by molar-refractivity contribution is 7.98. The first-order chi connectivity index (χ1) is 15.0. The molecule has 6 nitrogen and oxygen atoms in total. The summed E-state index contributed by atoms with van der Waals surface area (Å²) in [6, 6.07) is 16.3. The Bertz CT molecular complexity index is 1380. The fourth-order valence-corrected chi connectivity index (χ4v) is 4.53. The molecule has 5 aromatic rings. The predicted octanol–water partition coefficient (Wildman–Crippen LogP) is 5.97. The van der Waals surface area contributed by atoms with Gasteiger partial charge >= 0.3 is 0 Å². The quantitative estimate of drug-likeness (QED) is 0.321. The number of para-hydroxylation sites is 2. The van der Waals surface area contributed by atoms with Crippen LogP contribution in [0.3, 0.4) is 0 Å². The lowest BCUT2D eigenvalue weighted by Gasteiger charge is -2.09. The molecule has 0 unspecified atom stereocenters.